The highest BCUT2D eigenvalue weighted by Gasteiger charge is 2.23. The fraction of sp³-hybridized carbons (Fsp3) is 0.500. The molecule has 0 unspecified atom stereocenters. The highest BCUT2D eigenvalue weighted by Crippen LogP contribution is 2.31. The Morgan fingerprint density at radius 3 is 2.35 bits per heavy atom. The third kappa shape index (κ3) is 12.3. The van der Waals surface area contributed by atoms with Crippen LogP contribution >= 0.6 is 0 Å². The molecule has 3 atom stereocenters. The van der Waals surface area contributed by atoms with Gasteiger partial charge in [0, 0.05) is 37.7 Å². The molecule has 2 rings (SSSR count). The topological polar surface area (TPSA) is 226 Å². The number of carbonyl (C=O) groups excluding carboxylic acids is 2. The van der Waals surface area contributed by atoms with Gasteiger partial charge in [-0.1, -0.05) is 26.0 Å². The van der Waals surface area contributed by atoms with Crippen molar-refractivity contribution >= 4 is 39.8 Å². The molecular weight excluding hydrogens is 619 g/mol. The Balaban J connectivity index is 2.11. The van der Waals surface area contributed by atoms with Crippen LogP contribution in [0.1, 0.15) is 63.6 Å². The summed E-state index contributed by atoms with van der Waals surface area (Å²) in [5.41, 5.74) is 12.3. The van der Waals surface area contributed by atoms with Crippen LogP contribution in [0.15, 0.2) is 35.3 Å². The van der Waals surface area contributed by atoms with Gasteiger partial charge in [-0.2, -0.15) is 0 Å². The summed E-state index contributed by atoms with van der Waals surface area (Å²) in [5.74, 6) is -1.70. The summed E-state index contributed by atoms with van der Waals surface area (Å²) < 4.78 is 39.1. The number of anilines is 1. The van der Waals surface area contributed by atoms with Gasteiger partial charge >= 0.3 is 0 Å². The lowest BCUT2D eigenvalue weighted by Crippen LogP contribution is -2.45. The van der Waals surface area contributed by atoms with Crippen molar-refractivity contribution in [3.8, 4) is 11.3 Å². The number of amides is 2. The Labute approximate surface area is 269 Å². The number of rotatable bonds is 17. The Hall–Kier alpha value is -4.15. The van der Waals surface area contributed by atoms with Gasteiger partial charge in [-0.25, -0.2) is 27.1 Å². The fourth-order valence-corrected chi connectivity index (χ4v) is 4.61. The average molecular weight is 665 g/mol. The van der Waals surface area contributed by atoms with E-state index in [1.807, 2.05) is 13.8 Å². The maximum absolute atomic E-state index is 13.7. The first-order chi connectivity index (χ1) is 21.5. The van der Waals surface area contributed by atoms with E-state index in [4.69, 9.17) is 11.5 Å². The number of nitrogens with one attached hydrogen (secondary N) is 2. The smallest absolute Gasteiger partial charge is 0.242 e. The molecule has 8 N–H and O–H groups in total. The number of aliphatic hydroxyl groups excluding tert-OH is 2. The Bertz CT molecular complexity index is 1500. The third-order valence-corrected chi connectivity index (χ3v) is 7.93. The molecule has 2 amide bonds. The van der Waals surface area contributed by atoms with E-state index < -0.39 is 40.0 Å². The number of nitrogens with zero attached hydrogens (tertiary/aromatic N) is 4. The van der Waals surface area contributed by atoms with Crippen LogP contribution in [0.5, 0.6) is 0 Å². The Kier molecular flexibility index (Phi) is 14.5. The van der Waals surface area contributed by atoms with Crippen LogP contribution < -0.4 is 26.4 Å². The lowest BCUT2D eigenvalue weighted by atomic mass is 9.97. The molecule has 254 valence electrons. The molecule has 1 aromatic heterocycles. The standard InChI is InChI=1S/C30H45FN8O6S/c1-18(2)26-24(27(20-8-10-21(31)11-9-20)38-30(37-26)39(4)46(5,44)45)13-12-22(40)16-23(41)17-25(42)36-19(3)28(43)34-14-6-7-15-35-29(32)33/h8-13,18-19,22-23,40-41H,6-7,14-17H2,1-5H3,(H,34,43)(H,36,42)(H4,32,33,35)/t19-,22-,23+/m0/s1. The van der Waals surface area contributed by atoms with Gasteiger partial charge in [0.05, 0.1) is 36.3 Å². The quantitative estimate of drug-likeness (QED) is 0.0799. The summed E-state index contributed by atoms with van der Waals surface area (Å²) in [7, 11) is -2.37. The molecule has 1 heterocycles. The van der Waals surface area contributed by atoms with Gasteiger partial charge in [0.1, 0.15) is 11.9 Å². The van der Waals surface area contributed by atoms with E-state index in [9.17, 15) is 32.6 Å². The second-order valence-electron chi connectivity index (χ2n) is 11.2. The second kappa shape index (κ2) is 17.5. The van der Waals surface area contributed by atoms with Crippen LogP contribution in [0, 0.1) is 5.82 Å². The number of unbranched alkanes of at least 4 members (excludes halogenated alkanes) is 1. The molecule has 0 aliphatic carbocycles. The number of hydrogen-bond donors (Lipinski definition) is 6. The number of aromatic nitrogens is 2. The number of halogens is 1. The van der Waals surface area contributed by atoms with Crippen molar-refractivity contribution in [2.75, 3.05) is 30.7 Å². The largest absolute Gasteiger partial charge is 0.392 e. The summed E-state index contributed by atoms with van der Waals surface area (Å²) in [4.78, 5) is 37.5. The first-order valence-electron chi connectivity index (χ1n) is 14.8. The van der Waals surface area contributed by atoms with Crippen molar-refractivity contribution in [2.45, 2.75) is 70.6 Å². The normalized spacial score (nSPS) is 13.7. The van der Waals surface area contributed by atoms with Crippen molar-refractivity contribution in [3.63, 3.8) is 0 Å². The van der Waals surface area contributed by atoms with Crippen LogP contribution in [0.3, 0.4) is 0 Å². The molecule has 46 heavy (non-hydrogen) atoms. The molecule has 0 fully saturated rings. The highest BCUT2D eigenvalue weighted by molar-refractivity contribution is 7.92. The van der Waals surface area contributed by atoms with Crippen molar-refractivity contribution in [1.29, 1.82) is 0 Å². The Morgan fingerprint density at radius 1 is 1.11 bits per heavy atom. The lowest BCUT2D eigenvalue weighted by Gasteiger charge is -2.20. The van der Waals surface area contributed by atoms with Gasteiger partial charge in [-0.3, -0.25) is 14.6 Å². The van der Waals surface area contributed by atoms with Crippen LogP contribution in [-0.2, 0) is 19.6 Å². The first kappa shape index (κ1) is 38.0. The number of carbonyl (C=O) groups is 2. The van der Waals surface area contributed by atoms with Gasteiger partial charge in [-0.05, 0) is 49.9 Å². The predicted molar refractivity (Wildman–Crippen MR) is 176 cm³/mol. The molecule has 0 saturated carbocycles. The van der Waals surface area contributed by atoms with E-state index >= 15 is 0 Å². The number of aliphatic imine (C=N–C) groups is 1. The van der Waals surface area contributed by atoms with Crippen molar-refractivity contribution < 1.29 is 32.6 Å². The number of sulfonamides is 1. The summed E-state index contributed by atoms with van der Waals surface area (Å²) in [6.07, 6.45) is 2.33. The van der Waals surface area contributed by atoms with Gasteiger partial charge in [0.2, 0.25) is 27.8 Å². The Morgan fingerprint density at radius 2 is 1.76 bits per heavy atom. The lowest BCUT2D eigenvalue weighted by molar-refractivity contribution is -0.129. The predicted octanol–water partition coefficient (Wildman–Crippen LogP) is 0.992. The molecule has 1 aromatic carbocycles. The van der Waals surface area contributed by atoms with Gasteiger partial charge in [0.25, 0.3) is 0 Å². The fourth-order valence-electron chi connectivity index (χ4n) is 4.23. The van der Waals surface area contributed by atoms with Crippen LogP contribution in [0.25, 0.3) is 17.3 Å². The molecule has 0 saturated heterocycles. The maximum atomic E-state index is 13.7. The summed E-state index contributed by atoms with van der Waals surface area (Å²) >= 11 is 0. The zero-order valence-corrected chi connectivity index (χ0v) is 27.6. The third-order valence-electron chi connectivity index (χ3n) is 6.78. The van der Waals surface area contributed by atoms with Crippen LogP contribution in [-0.4, -0.2) is 91.0 Å². The molecule has 0 aliphatic heterocycles. The van der Waals surface area contributed by atoms with E-state index in [1.165, 1.54) is 44.3 Å². The van der Waals surface area contributed by atoms with Crippen LogP contribution in [0.2, 0.25) is 0 Å². The van der Waals surface area contributed by atoms with Crippen molar-refractivity contribution in [2.24, 2.45) is 16.5 Å². The number of aliphatic hydroxyl groups is 2. The van der Waals surface area contributed by atoms with Crippen molar-refractivity contribution in [1.82, 2.24) is 20.6 Å². The SMILES string of the molecule is CC(C)c1nc(N(C)S(C)(=O)=O)nc(-c2ccc(F)cc2)c1C=C[C@H](O)C[C@@H](O)CC(=O)N[C@@H](C)C(=O)NCCCCN=C(N)N. The summed E-state index contributed by atoms with van der Waals surface area (Å²) in [5, 5.41) is 26.4. The molecule has 2 aromatic rings. The minimum Gasteiger partial charge on any atom is -0.392 e. The monoisotopic (exact) mass is 664 g/mol. The molecule has 16 heteroatoms. The molecule has 0 aliphatic rings. The van der Waals surface area contributed by atoms with Crippen LogP contribution in [0.4, 0.5) is 10.3 Å². The molecule has 14 nitrogen and oxygen atoms in total. The van der Waals surface area contributed by atoms with Gasteiger partial charge < -0.3 is 32.3 Å². The van der Waals surface area contributed by atoms with E-state index in [1.54, 1.807) is 6.08 Å². The zero-order valence-electron chi connectivity index (χ0n) is 26.8. The number of benzene rings is 1. The first-order valence-corrected chi connectivity index (χ1v) is 16.6. The second-order valence-corrected chi connectivity index (χ2v) is 13.2. The van der Waals surface area contributed by atoms with Crippen molar-refractivity contribution in [3.05, 3.63) is 47.4 Å². The molecule has 0 bridgehead atoms. The highest BCUT2D eigenvalue weighted by atomic mass is 32.2. The number of nitrogens with two attached hydrogens (primary N) is 2. The zero-order chi connectivity index (χ0) is 34.6. The maximum Gasteiger partial charge on any atom is 0.242 e. The summed E-state index contributed by atoms with van der Waals surface area (Å²) in [6, 6.07) is 4.65. The average Bonchev–Trinajstić information content (AvgIpc) is 2.96. The van der Waals surface area contributed by atoms with Gasteiger partial charge in [-0.15, -0.1) is 0 Å². The molecule has 0 radical (unpaired) electrons. The van der Waals surface area contributed by atoms with E-state index in [-0.39, 0.29) is 36.6 Å². The van der Waals surface area contributed by atoms with E-state index in [2.05, 4.69) is 25.6 Å². The number of hydrogen-bond acceptors (Lipinski definition) is 9. The van der Waals surface area contributed by atoms with Gasteiger partial charge in [0.15, 0.2) is 5.96 Å². The summed E-state index contributed by atoms with van der Waals surface area (Å²) in [6.45, 7) is 6.05. The van der Waals surface area contributed by atoms with E-state index in [0.717, 1.165) is 10.6 Å². The number of guanidine groups is 1. The van der Waals surface area contributed by atoms with E-state index in [0.29, 0.717) is 48.4 Å². The molecular formula is C30H45FN8O6S. The minimum atomic E-state index is -3.69. The molecule has 0 spiro atoms. The minimum absolute atomic E-state index is 0.00320.